The molecule has 4 rings (SSSR count). The number of hydrogen-bond acceptors (Lipinski definition) is 6. The van der Waals surface area contributed by atoms with Crippen molar-refractivity contribution < 1.29 is 27.5 Å². The van der Waals surface area contributed by atoms with E-state index in [1.165, 1.54) is 31.3 Å². The highest BCUT2D eigenvalue weighted by atomic mass is 32.2. The van der Waals surface area contributed by atoms with Gasteiger partial charge in [-0.3, -0.25) is 9.59 Å². The van der Waals surface area contributed by atoms with Crippen LogP contribution in [-0.2, 0) is 10.0 Å². The lowest BCUT2D eigenvalue weighted by molar-refractivity contribution is 0.0783. The monoisotopic (exact) mass is 373 g/mol. The smallest absolute Gasteiger partial charge is 0.244 e. The second-order valence-corrected chi connectivity index (χ2v) is 7.97. The van der Waals surface area contributed by atoms with Gasteiger partial charge in [0.25, 0.3) is 0 Å². The van der Waals surface area contributed by atoms with Gasteiger partial charge < -0.3 is 9.47 Å². The largest absolute Gasteiger partial charge is 0.486 e. The Hall–Kier alpha value is -2.71. The van der Waals surface area contributed by atoms with E-state index in [1.54, 1.807) is 18.2 Å². The Bertz CT molecular complexity index is 1030. The van der Waals surface area contributed by atoms with Crippen LogP contribution >= 0.6 is 0 Å². The average molecular weight is 373 g/mol. The van der Waals surface area contributed by atoms with Gasteiger partial charge in [-0.15, -0.1) is 0 Å². The fourth-order valence-electron chi connectivity index (χ4n) is 3.14. The molecule has 26 heavy (non-hydrogen) atoms. The highest BCUT2D eigenvalue weighted by Gasteiger charge is 2.45. The Morgan fingerprint density at radius 3 is 2.54 bits per heavy atom. The topological polar surface area (TPSA) is 90.0 Å². The van der Waals surface area contributed by atoms with Crippen LogP contribution in [0.25, 0.3) is 0 Å². The summed E-state index contributed by atoms with van der Waals surface area (Å²) in [5, 5.41) is 0. The number of sulfonamides is 1. The van der Waals surface area contributed by atoms with Gasteiger partial charge in [-0.2, -0.15) is 4.31 Å². The summed E-state index contributed by atoms with van der Waals surface area (Å²) in [5.41, 5.74) is 0.218. The summed E-state index contributed by atoms with van der Waals surface area (Å²) in [6, 6.07) is 9.02. The van der Waals surface area contributed by atoms with Crippen molar-refractivity contribution in [3.05, 3.63) is 53.6 Å². The van der Waals surface area contributed by atoms with Crippen molar-refractivity contribution in [2.45, 2.75) is 10.9 Å². The van der Waals surface area contributed by atoms with Crippen molar-refractivity contribution in [1.82, 2.24) is 4.31 Å². The quantitative estimate of drug-likeness (QED) is 0.586. The van der Waals surface area contributed by atoms with Gasteiger partial charge in [0.1, 0.15) is 13.2 Å². The van der Waals surface area contributed by atoms with Crippen molar-refractivity contribution in [3.63, 3.8) is 0 Å². The zero-order chi connectivity index (χ0) is 18.5. The minimum atomic E-state index is -3.94. The minimum Gasteiger partial charge on any atom is -0.486 e. The molecule has 0 spiro atoms. The van der Waals surface area contributed by atoms with Crippen LogP contribution in [0, 0.1) is 0 Å². The first-order chi connectivity index (χ1) is 12.4. The SMILES string of the molecule is CN1C(C(=O)c2ccc3c(c2)OCCO3)C(=O)c2ccccc2S1(=O)=O. The van der Waals surface area contributed by atoms with E-state index in [0.29, 0.717) is 24.7 Å². The van der Waals surface area contributed by atoms with Gasteiger partial charge in [0.2, 0.25) is 10.0 Å². The van der Waals surface area contributed by atoms with E-state index in [2.05, 4.69) is 0 Å². The molecule has 8 heteroatoms. The Kier molecular flexibility index (Phi) is 3.82. The number of nitrogens with zero attached hydrogens (tertiary/aromatic N) is 1. The first-order valence-electron chi connectivity index (χ1n) is 7.96. The number of rotatable bonds is 2. The molecule has 0 aromatic heterocycles. The number of carbonyl (C=O) groups excluding carboxylic acids is 2. The summed E-state index contributed by atoms with van der Waals surface area (Å²) >= 11 is 0. The molecule has 2 aliphatic heterocycles. The van der Waals surface area contributed by atoms with Crippen molar-refractivity contribution in [3.8, 4) is 11.5 Å². The number of likely N-dealkylation sites (N-methyl/N-ethyl adjacent to an activating group) is 1. The van der Waals surface area contributed by atoms with Crippen LogP contribution in [0.2, 0.25) is 0 Å². The summed E-state index contributed by atoms with van der Waals surface area (Å²) in [7, 11) is -2.70. The first kappa shape index (κ1) is 16.7. The fraction of sp³-hybridized carbons (Fsp3) is 0.222. The summed E-state index contributed by atoms with van der Waals surface area (Å²) in [5.74, 6) is -0.240. The van der Waals surface area contributed by atoms with E-state index in [4.69, 9.17) is 9.47 Å². The van der Waals surface area contributed by atoms with E-state index < -0.39 is 27.6 Å². The van der Waals surface area contributed by atoms with Gasteiger partial charge in [0.15, 0.2) is 29.1 Å². The molecule has 1 atom stereocenters. The summed E-state index contributed by atoms with van der Waals surface area (Å²) in [6.45, 7) is 0.772. The van der Waals surface area contributed by atoms with Crippen LogP contribution < -0.4 is 9.47 Å². The van der Waals surface area contributed by atoms with Crippen molar-refractivity contribution in [1.29, 1.82) is 0 Å². The number of Topliss-reactive ketones (excluding diaryl/α,β-unsaturated/α-hetero) is 2. The van der Waals surface area contributed by atoms with Crippen LogP contribution in [0.1, 0.15) is 20.7 Å². The molecule has 0 N–H and O–H groups in total. The predicted molar refractivity (Wildman–Crippen MR) is 91.3 cm³/mol. The maximum Gasteiger partial charge on any atom is 0.244 e. The molecular weight excluding hydrogens is 358 g/mol. The van der Waals surface area contributed by atoms with Crippen molar-refractivity contribution in [2.24, 2.45) is 0 Å². The summed E-state index contributed by atoms with van der Waals surface area (Å²) < 4.78 is 37.1. The third-order valence-corrected chi connectivity index (χ3v) is 6.38. The number of fused-ring (bicyclic) bond motifs is 2. The normalized spacial score (nSPS) is 21.1. The van der Waals surface area contributed by atoms with E-state index >= 15 is 0 Å². The van der Waals surface area contributed by atoms with Crippen molar-refractivity contribution >= 4 is 21.6 Å². The highest BCUT2D eigenvalue weighted by molar-refractivity contribution is 7.89. The second-order valence-electron chi connectivity index (χ2n) is 6.01. The molecule has 0 saturated carbocycles. The predicted octanol–water partition coefficient (Wildman–Crippen LogP) is 1.53. The Balaban J connectivity index is 1.78. The maximum atomic E-state index is 13.0. The molecule has 1 unspecified atom stereocenters. The minimum absolute atomic E-state index is 0.0292. The highest BCUT2D eigenvalue weighted by Crippen LogP contribution is 2.34. The van der Waals surface area contributed by atoms with Crippen LogP contribution in [0.5, 0.6) is 11.5 Å². The van der Waals surface area contributed by atoms with Gasteiger partial charge in [0, 0.05) is 18.2 Å². The van der Waals surface area contributed by atoms with Gasteiger partial charge in [-0.1, -0.05) is 12.1 Å². The van der Waals surface area contributed by atoms with E-state index in [1.807, 2.05) is 0 Å². The lowest BCUT2D eigenvalue weighted by Gasteiger charge is -2.31. The molecule has 2 aromatic rings. The lowest BCUT2D eigenvalue weighted by Crippen LogP contribution is -2.51. The molecule has 134 valence electrons. The first-order valence-corrected chi connectivity index (χ1v) is 9.40. The average Bonchev–Trinajstić information content (AvgIpc) is 2.66. The number of carbonyl (C=O) groups is 2. The number of ketones is 2. The molecule has 0 fully saturated rings. The van der Waals surface area contributed by atoms with E-state index in [0.717, 1.165) is 4.31 Å². The zero-order valence-electron chi connectivity index (χ0n) is 13.8. The standard InChI is InChI=1S/C18H15NO6S/c1-19-16(18(21)12-4-2-3-5-15(12)26(19,22)23)17(20)11-6-7-13-14(10-11)25-9-8-24-13/h2-7,10,16H,8-9H2,1H3. The third kappa shape index (κ3) is 2.41. The maximum absolute atomic E-state index is 13.0. The van der Waals surface area contributed by atoms with Gasteiger partial charge in [-0.05, 0) is 30.3 Å². The number of hydrogen-bond donors (Lipinski definition) is 0. The van der Waals surface area contributed by atoms with E-state index in [9.17, 15) is 18.0 Å². The summed E-state index contributed by atoms with van der Waals surface area (Å²) in [6.07, 6.45) is 0. The van der Waals surface area contributed by atoms with Gasteiger partial charge >= 0.3 is 0 Å². The van der Waals surface area contributed by atoms with Gasteiger partial charge in [-0.25, -0.2) is 8.42 Å². The number of ether oxygens (including phenoxy) is 2. The third-order valence-electron chi connectivity index (χ3n) is 4.50. The van der Waals surface area contributed by atoms with Crippen LogP contribution in [-0.4, -0.2) is 50.6 Å². The Labute approximate surface area is 150 Å². The molecular formula is C18H15NO6S. The summed E-state index contributed by atoms with van der Waals surface area (Å²) in [4.78, 5) is 25.7. The Morgan fingerprint density at radius 1 is 1.08 bits per heavy atom. The van der Waals surface area contributed by atoms with Gasteiger partial charge in [0.05, 0.1) is 4.90 Å². The van der Waals surface area contributed by atoms with Crippen molar-refractivity contribution in [2.75, 3.05) is 20.3 Å². The molecule has 0 saturated heterocycles. The molecule has 0 bridgehead atoms. The molecule has 2 aliphatic rings. The molecule has 0 radical (unpaired) electrons. The van der Waals surface area contributed by atoms with Crippen LogP contribution in [0.4, 0.5) is 0 Å². The Morgan fingerprint density at radius 2 is 1.77 bits per heavy atom. The van der Waals surface area contributed by atoms with E-state index in [-0.39, 0.29) is 16.0 Å². The molecule has 2 heterocycles. The fourth-order valence-corrected chi connectivity index (χ4v) is 4.62. The molecule has 0 aliphatic carbocycles. The van der Waals surface area contributed by atoms with Crippen LogP contribution in [0.15, 0.2) is 47.4 Å². The lowest BCUT2D eigenvalue weighted by atomic mass is 9.96. The second kappa shape index (κ2) is 5.93. The zero-order valence-corrected chi connectivity index (χ0v) is 14.7. The molecule has 2 aromatic carbocycles. The number of benzene rings is 2. The van der Waals surface area contributed by atoms with Crippen LogP contribution in [0.3, 0.4) is 0 Å². The molecule has 0 amide bonds. The molecule has 7 nitrogen and oxygen atoms in total.